The second kappa shape index (κ2) is 5.89. The number of carbonyl (C=O) groups is 1. The molecule has 1 heterocycles. The van der Waals surface area contributed by atoms with Gasteiger partial charge in [0.2, 0.25) is 0 Å². The molecule has 0 saturated heterocycles. The van der Waals surface area contributed by atoms with Gasteiger partial charge in [-0.3, -0.25) is 4.79 Å². The van der Waals surface area contributed by atoms with E-state index in [0.29, 0.717) is 10.9 Å². The largest absolute Gasteiger partial charge is 0.340 e. The van der Waals surface area contributed by atoms with E-state index in [0.717, 1.165) is 6.54 Å². The van der Waals surface area contributed by atoms with Crippen molar-refractivity contribution >= 4 is 29.1 Å². The molecule has 18 heavy (non-hydrogen) atoms. The monoisotopic (exact) mass is 286 g/mol. The Hall–Kier alpha value is -0.800. The zero-order valence-corrected chi connectivity index (χ0v) is 11.8. The highest BCUT2D eigenvalue weighted by Crippen LogP contribution is 2.26. The van der Waals surface area contributed by atoms with Gasteiger partial charge < -0.3 is 4.90 Å². The Labute approximate surface area is 117 Å². The van der Waals surface area contributed by atoms with Crippen molar-refractivity contribution in [1.82, 2.24) is 9.88 Å². The molecule has 1 amide bonds. The molecule has 2 rings (SSSR count). The van der Waals surface area contributed by atoms with E-state index in [9.17, 15) is 4.79 Å². The number of halogens is 2. The van der Waals surface area contributed by atoms with Gasteiger partial charge in [-0.25, -0.2) is 4.98 Å². The number of pyridine rings is 1. The highest BCUT2D eigenvalue weighted by Gasteiger charge is 2.22. The summed E-state index contributed by atoms with van der Waals surface area (Å²) in [6.07, 6.45) is 4.94. The Balaban J connectivity index is 2.07. The van der Waals surface area contributed by atoms with Crippen molar-refractivity contribution in [3.8, 4) is 0 Å². The summed E-state index contributed by atoms with van der Waals surface area (Å²) in [5.41, 5.74) is 0.240. The van der Waals surface area contributed by atoms with Crippen LogP contribution in [0.1, 0.15) is 36.2 Å². The van der Waals surface area contributed by atoms with Crippen LogP contribution in [0.2, 0.25) is 10.2 Å². The van der Waals surface area contributed by atoms with E-state index < -0.39 is 0 Å². The van der Waals surface area contributed by atoms with Crippen molar-refractivity contribution in [3.05, 3.63) is 28.0 Å². The summed E-state index contributed by atoms with van der Waals surface area (Å²) in [5.74, 6) is 0.450. The lowest BCUT2D eigenvalue weighted by Gasteiger charge is -2.21. The first-order valence-corrected chi connectivity index (χ1v) is 6.91. The third kappa shape index (κ3) is 3.15. The highest BCUT2D eigenvalue weighted by atomic mass is 35.5. The van der Waals surface area contributed by atoms with Gasteiger partial charge >= 0.3 is 0 Å². The molecule has 1 fully saturated rings. The maximum Gasteiger partial charge on any atom is 0.273 e. The van der Waals surface area contributed by atoms with Crippen LogP contribution < -0.4 is 0 Å². The second-order valence-corrected chi connectivity index (χ2v) is 5.60. The number of nitrogens with zero attached hydrogens (tertiary/aromatic N) is 2. The van der Waals surface area contributed by atoms with E-state index in [-0.39, 0.29) is 16.8 Å². The summed E-state index contributed by atoms with van der Waals surface area (Å²) in [6, 6.07) is 3.19. The van der Waals surface area contributed by atoms with E-state index in [1.807, 2.05) is 0 Å². The molecule has 0 unspecified atom stereocenters. The molecule has 3 nitrogen and oxygen atoms in total. The highest BCUT2D eigenvalue weighted by molar-refractivity contribution is 6.34. The summed E-state index contributed by atoms with van der Waals surface area (Å²) in [5, 5.41) is 0.639. The Morgan fingerprint density at radius 2 is 2.06 bits per heavy atom. The Morgan fingerprint density at radius 3 is 2.72 bits per heavy atom. The number of hydrogen-bond acceptors (Lipinski definition) is 2. The summed E-state index contributed by atoms with van der Waals surface area (Å²) in [7, 11) is 1.79. The minimum Gasteiger partial charge on any atom is -0.340 e. The Morgan fingerprint density at radius 1 is 1.39 bits per heavy atom. The van der Waals surface area contributed by atoms with Crippen LogP contribution in [0, 0.1) is 5.92 Å². The molecule has 1 aliphatic rings. The lowest BCUT2D eigenvalue weighted by molar-refractivity contribution is 0.0767. The van der Waals surface area contributed by atoms with Crippen LogP contribution in [0.3, 0.4) is 0 Å². The van der Waals surface area contributed by atoms with Crippen molar-refractivity contribution in [1.29, 1.82) is 0 Å². The average Bonchev–Trinajstić information content (AvgIpc) is 2.84. The average molecular weight is 287 g/mol. The van der Waals surface area contributed by atoms with E-state index in [1.165, 1.54) is 25.7 Å². The van der Waals surface area contributed by atoms with Crippen LogP contribution in [-0.2, 0) is 0 Å². The van der Waals surface area contributed by atoms with Crippen molar-refractivity contribution in [3.63, 3.8) is 0 Å². The van der Waals surface area contributed by atoms with Gasteiger partial charge in [-0.1, -0.05) is 36.0 Å². The summed E-state index contributed by atoms with van der Waals surface area (Å²) in [4.78, 5) is 17.9. The number of carbonyl (C=O) groups excluding carboxylic acids is 1. The maximum absolute atomic E-state index is 12.2. The predicted molar refractivity (Wildman–Crippen MR) is 73.2 cm³/mol. The predicted octanol–water partition coefficient (Wildman–Crippen LogP) is 3.65. The molecule has 0 radical (unpaired) electrons. The zero-order chi connectivity index (χ0) is 13.1. The van der Waals surface area contributed by atoms with Crippen LogP contribution in [0.4, 0.5) is 0 Å². The maximum atomic E-state index is 12.2. The van der Waals surface area contributed by atoms with E-state index in [2.05, 4.69) is 4.98 Å². The molecule has 0 spiro atoms. The zero-order valence-electron chi connectivity index (χ0n) is 10.3. The van der Waals surface area contributed by atoms with Crippen LogP contribution in [0.15, 0.2) is 12.1 Å². The van der Waals surface area contributed by atoms with Gasteiger partial charge in [0, 0.05) is 13.6 Å². The first-order chi connectivity index (χ1) is 8.58. The number of amides is 1. The number of rotatable bonds is 3. The first-order valence-electron chi connectivity index (χ1n) is 6.15. The lowest BCUT2D eigenvalue weighted by atomic mass is 10.1. The fourth-order valence-electron chi connectivity index (χ4n) is 2.41. The topological polar surface area (TPSA) is 33.2 Å². The smallest absolute Gasteiger partial charge is 0.273 e. The van der Waals surface area contributed by atoms with Gasteiger partial charge in [-0.15, -0.1) is 0 Å². The molecule has 1 aromatic rings. The normalized spacial score (nSPS) is 15.9. The molecular weight excluding hydrogens is 271 g/mol. The molecule has 0 aliphatic heterocycles. The molecule has 1 aliphatic carbocycles. The van der Waals surface area contributed by atoms with Gasteiger partial charge in [0.25, 0.3) is 5.91 Å². The minimum absolute atomic E-state index is 0.158. The summed E-state index contributed by atoms with van der Waals surface area (Å²) < 4.78 is 0. The summed E-state index contributed by atoms with van der Waals surface area (Å²) in [6.45, 7) is 0.767. The van der Waals surface area contributed by atoms with Crippen molar-refractivity contribution in [2.75, 3.05) is 13.6 Å². The van der Waals surface area contributed by atoms with E-state index in [4.69, 9.17) is 23.2 Å². The first kappa shape index (κ1) is 13.6. The van der Waals surface area contributed by atoms with Crippen molar-refractivity contribution in [2.45, 2.75) is 25.7 Å². The van der Waals surface area contributed by atoms with Crippen LogP contribution >= 0.6 is 23.2 Å². The Kier molecular flexibility index (Phi) is 4.46. The molecule has 0 N–H and O–H groups in total. The van der Waals surface area contributed by atoms with Gasteiger partial charge in [0.15, 0.2) is 0 Å². The molecule has 1 aromatic heterocycles. The third-order valence-electron chi connectivity index (χ3n) is 3.37. The summed E-state index contributed by atoms with van der Waals surface area (Å²) >= 11 is 11.8. The fraction of sp³-hybridized carbons (Fsp3) is 0.538. The van der Waals surface area contributed by atoms with Crippen molar-refractivity contribution < 1.29 is 4.79 Å². The molecule has 0 bridgehead atoms. The molecule has 0 atom stereocenters. The number of aromatic nitrogens is 1. The van der Waals surface area contributed by atoms with Crippen LogP contribution in [0.25, 0.3) is 0 Å². The van der Waals surface area contributed by atoms with Gasteiger partial charge in [0.1, 0.15) is 10.8 Å². The van der Waals surface area contributed by atoms with Gasteiger partial charge in [0.05, 0.1) is 5.02 Å². The molecule has 1 saturated carbocycles. The lowest BCUT2D eigenvalue weighted by Crippen LogP contribution is -2.32. The standard InChI is InChI=1S/C13H16Cl2N2O/c1-17(8-9-4-2-3-5-9)13(18)12-10(14)6-7-11(15)16-12/h6-7,9H,2-5,8H2,1H3. The SMILES string of the molecule is CN(CC1CCCC1)C(=O)c1nc(Cl)ccc1Cl. The van der Waals surface area contributed by atoms with Gasteiger partial charge in [-0.2, -0.15) is 0 Å². The quantitative estimate of drug-likeness (QED) is 0.795. The second-order valence-electron chi connectivity index (χ2n) is 4.80. The minimum atomic E-state index is -0.158. The molecular formula is C13H16Cl2N2O. The molecule has 5 heteroatoms. The molecule has 98 valence electrons. The van der Waals surface area contributed by atoms with Crippen molar-refractivity contribution in [2.24, 2.45) is 5.92 Å². The Bertz CT molecular complexity index is 445. The fourth-order valence-corrected chi connectivity index (χ4v) is 2.75. The molecule has 0 aromatic carbocycles. The van der Waals surface area contributed by atoms with E-state index in [1.54, 1.807) is 24.1 Å². The van der Waals surface area contributed by atoms with E-state index >= 15 is 0 Å². The van der Waals surface area contributed by atoms with Crippen LogP contribution in [0.5, 0.6) is 0 Å². The third-order valence-corrected chi connectivity index (χ3v) is 3.88. The van der Waals surface area contributed by atoms with Gasteiger partial charge in [-0.05, 0) is 30.9 Å². The number of hydrogen-bond donors (Lipinski definition) is 0. The van der Waals surface area contributed by atoms with Crippen LogP contribution in [-0.4, -0.2) is 29.4 Å².